The number of hydrogen-bond acceptors (Lipinski definition) is 8. The third-order valence-corrected chi connectivity index (χ3v) is 4.37. The molecule has 0 saturated carbocycles. The molecule has 0 unspecified atom stereocenters. The summed E-state index contributed by atoms with van der Waals surface area (Å²) in [4.78, 5) is 20.6. The van der Waals surface area contributed by atoms with Crippen molar-refractivity contribution < 1.29 is 19.4 Å². The Bertz CT molecular complexity index is 762. The van der Waals surface area contributed by atoms with Gasteiger partial charge < -0.3 is 19.9 Å². The van der Waals surface area contributed by atoms with Gasteiger partial charge in [-0.3, -0.25) is 4.79 Å². The average Bonchev–Trinajstić information content (AvgIpc) is 3.17. The molecule has 0 spiro atoms. The molecule has 25 heavy (non-hydrogen) atoms. The van der Waals surface area contributed by atoms with Gasteiger partial charge in [-0.05, 0) is 20.3 Å². The van der Waals surface area contributed by atoms with Crippen LogP contribution in [0.3, 0.4) is 0 Å². The van der Waals surface area contributed by atoms with Crippen molar-refractivity contribution in [1.82, 2.24) is 19.6 Å². The Morgan fingerprint density at radius 2 is 2.32 bits per heavy atom. The van der Waals surface area contributed by atoms with E-state index in [9.17, 15) is 9.90 Å². The summed E-state index contributed by atoms with van der Waals surface area (Å²) in [5.41, 5.74) is 1.49. The van der Waals surface area contributed by atoms with Gasteiger partial charge >= 0.3 is 5.97 Å². The molecule has 3 heterocycles. The second-order valence-corrected chi connectivity index (χ2v) is 6.03. The predicted octanol–water partition coefficient (Wildman–Crippen LogP) is 0.866. The van der Waals surface area contributed by atoms with Crippen LogP contribution in [0.2, 0.25) is 0 Å². The van der Waals surface area contributed by atoms with Gasteiger partial charge in [-0.2, -0.15) is 14.6 Å². The number of carbonyl (C=O) groups excluding carboxylic acids is 1. The number of nitrogens with one attached hydrogen (secondary N) is 1. The molecule has 9 nitrogen and oxygen atoms in total. The molecule has 2 aromatic rings. The Kier molecular flexibility index (Phi) is 5.14. The molecule has 0 amide bonds. The summed E-state index contributed by atoms with van der Waals surface area (Å²) in [5, 5.41) is 16.9. The summed E-state index contributed by atoms with van der Waals surface area (Å²) in [5.74, 6) is 0.841. The highest BCUT2D eigenvalue weighted by Gasteiger charge is 2.38. The Labute approximate surface area is 145 Å². The molecule has 1 aliphatic heterocycles. The standard InChI is InChI=1S/C16H23N5O4/c1-4-24-14(23)6-10-5-12(25-13(10)8-22)11-7-18-21-15(11)19-9(2)20-16(21)17-3/h7,10,12-13,22H,4-6,8H2,1-3H3,(H,17,19,20)/t10-,12+,13+/m0/s1. The van der Waals surface area contributed by atoms with Crippen LogP contribution in [0.4, 0.5) is 5.95 Å². The van der Waals surface area contributed by atoms with Crippen molar-refractivity contribution in [3.05, 3.63) is 17.6 Å². The van der Waals surface area contributed by atoms with Crippen LogP contribution in [-0.2, 0) is 14.3 Å². The topological polar surface area (TPSA) is 111 Å². The van der Waals surface area contributed by atoms with Gasteiger partial charge in [0.2, 0.25) is 5.95 Å². The predicted molar refractivity (Wildman–Crippen MR) is 89.1 cm³/mol. The highest BCUT2D eigenvalue weighted by atomic mass is 16.5. The van der Waals surface area contributed by atoms with Gasteiger partial charge in [-0.1, -0.05) is 0 Å². The fraction of sp³-hybridized carbons (Fsp3) is 0.625. The monoisotopic (exact) mass is 349 g/mol. The lowest BCUT2D eigenvalue weighted by Gasteiger charge is -2.14. The fourth-order valence-electron chi connectivity index (χ4n) is 3.23. The first-order valence-electron chi connectivity index (χ1n) is 8.39. The van der Waals surface area contributed by atoms with Crippen LogP contribution in [0, 0.1) is 12.8 Å². The van der Waals surface area contributed by atoms with Gasteiger partial charge in [0, 0.05) is 18.5 Å². The van der Waals surface area contributed by atoms with Crippen molar-refractivity contribution in [2.24, 2.45) is 5.92 Å². The number of aryl methyl sites for hydroxylation is 1. The number of aliphatic hydroxyl groups excluding tert-OH is 1. The molecule has 0 aromatic carbocycles. The first-order valence-corrected chi connectivity index (χ1v) is 8.39. The molecule has 1 aliphatic rings. The summed E-state index contributed by atoms with van der Waals surface area (Å²) < 4.78 is 12.6. The van der Waals surface area contributed by atoms with Crippen LogP contribution < -0.4 is 5.32 Å². The van der Waals surface area contributed by atoms with Crippen molar-refractivity contribution in [2.75, 3.05) is 25.6 Å². The van der Waals surface area contributed by atoms with E-state index in [0.29, 0.717) is 30.4 Å². The number of carbonyl (C=O) groups is 1. The van der Waals surface area contributed by atoms with Crippen molar-refractivity contribution in [3.8, 4) is 0 Å². The minimum absolute atomic E-state index is 0.101. The van der Waals surface area contributed by atoms with E-state index in [1.807, 2.05) is 6.92 Å². The van der Waals surface area contributed by atoms with Crippen molar-refractivity contribution in [1.29, 1.82) is 0 Å². The summed E-state index contributed by atoms with van der Waals surface area (Å²) >= 11 is 0. The van der Waals surface area contributed by atoms with E-state index in [-0.39, 0.29) is 31.0 Å². The number of aromatic nitrogens is 4. The molecule has 0 bridgehead atoms. The van der Waals surface area contributed by atoms with E-state index in [1.54, 1.807) is 24.7 Å². The quantitative estimate of drug-likeness (QED) is 0.739. The lowest BCUT2D eigenvalue weighted by Crippen LogP contribution is -2.23. The van der Waals surface area contributed by atoms with Crippen LogP contribution in [-0.4, -0.2) is 57.0 Å². The summed E-state index contributed by atoms with van der Waals surface area (Å²) in [6, 6.07) is 0. The molecule has 0 aliphatic carbocycles. The minimum Gasteiger partial charge on any atom is -0.466 e. The normalized spacial score (nSPS) is 23.1. The van der Waals surface area contributed by atoms with Crippen LogP contribution in [0.15, 0.2) is 6.20 Å². The van der Waals surface area contributed by atoms with E-state index in [2.05, 4.69) is 20.4 Å². The van der Waals surface area contributed by atoms with E-state index < -0.39 is 6.10 Å². The van der Waals surface area contributed by atoms with E-state index in [4.69, 9.17) is 9.47 Å². The number of fused-ring (bicyclic) bond motifs is 1. The maximum absolute atomic E-state index is 11.8. The maximum Gasteiger partial charge on any atom is 0.306 e. The second-order valence-electron chi connectivity index (χ2n) is 6.03. The number of rotatable bonds is 6. The highest BCUT2D eigenvalue weighted by Crippen LogP contribution is 2.40. The smallest absolute Gasteiger partial charge is 0.306 e. The molecule has 0 radical (unpaired) electrons. The number of aliphatic hydroxyl groups is 1. The van der Waals surface area contributed by atoms with Crippen molar-refractivity contribution in [3.63, 3.8) is 0 Å². The first-order chi connectivity index (χ1) is 12.1. The number of hydrogen-bond donors (Lipinski definition) is 2. The number of ether oxygens (including phenoxy) is 2. The SMILES string of the molecule is CCOC(=O)C[C@@H]1C[C@H](c2cnn3c(NC)nc(C)nc23)O[C@@H]1CO. The fourth-order valence-corrected chi connectivity index (χ4v) is 3.23. The van der Waals surface area contributed by atoms with Gasteiger partial charge in [-0.25, -0.2) is 4.98 Å². The molecule has 3 rings (SSSR count). The molecule has 2 aromatic heterocycles. The first kappa shape index (κ1) is 17.6. The summed E-state index contributed by atoms with van der Waals surface area (Å²) in [6.07, 6.45) is 1.84. The number of anilines is 1. The minimum atomic E-state index is -0.406. The third kappa shape index (κ3) is 3.42. The Balaban J connectivity index is 1.86. The van der Waals surface area contributed by atoms with Crippen LogP contribution in [0.1, 0.15) is 37.3 Å². The lowest BCUT2D eigenvalue weighted by molar-refractivity contribution is -0.144. The zero-order chi connectivity index (χ0) is 18.0. The van der Waals surface area contributed by atoms with Gasteiger partial charge in [0.1, 0.15) is 5.82 Å². The molecule has 1 saturated heterocycles. The van der Waals surface area contributed by atoms with Crippen LogP contribution >= 0.6 is 0 Å². The largest absolute Gasteiger partial charge is 0.466 e. The Hall–Kier alpha value is -2.26. The number of esters is 1. The van der Waals surface area contributed by atoms with E-state index in [0.717, 1.165) is 5.56 Å². The van der Waals surface area contributed by atoms with Gasteiger partial charge in [0.25, 0.3) is 0 Å². The van der Waals surface area contributed by atoms with Crippen LogP contribution in [0.25, 0.3) is 5.65 Å². The van der Waals surface area contributed by atoms with Gasteiger partial charge in [0.15, 0.2) is 5.65 Å². The van der Waals surface area contributed by atoms with Gasteiger partial charge in [0.05, 0.1) is 38.0 Å². The highest BCUT2D eigenvalue weighted by molar-refractivity contribution is 5.69. The average molecular weight is 349 g/mol. The second kappa shape index (κ2) is 7.32. The lowest BCUT2D eigenvalue weighted by atomic mass is 9.94. The zero-order valence-corrected chi connectivity index (χ0v) is 14.6. The summed E-state index contributed by atoms with van der Waals surface area (Å²) in [6.45, 7) is 3.79. The van der Waals surface area contributed by atoms with Gasteiger partial charge in [-0.15, -0.1) is 0 Å². The zero-order valence-electron chi connectivity index (χ0n) is 14.6. The third-order valence-electron chi connectivity index (χ3n) is 4.37. The summed E-state index contributed by atoms with van der Waals surface area (Å²) in [7, 11) is 1.77. The molecule has 3 atom stereocenters. The molecule has 136 valence electrons. The van der Waals surface area contributed by atoms with Crippen molar-refractivity contribution >= 4 is 17.6 Å². The molecule has 9 heteroatoms. The Morgan fingerprint density at radius 1 is 1.52 bits per heavy atom. The molecular formula is C16H23N5O4. The Morgan fingerprint density at radius 3 is 3.00 bits per heavy atom. The van der Waals surface area contributed by atoms with Crippen LogP contribution in [0.5, 0.6) is 0 Å². The molecular weight excluding hydrogens is 326 g/mol. The van der Waals surface area contributed by atoms with E-state index >= 15 is 0 Å². The molecule has 2 N–H and O–H groups in total. The van der Waals surface area contributed by atoms with Crippen molar-refractivity contribution in [2.45, 2.75) is 38.9 Å². The number of nitrogens with zero attached hydrogens (tertiary/aromatic N) is 4. The molecule has 1 fully saturated rings. The maximum atomic E-state index is 11.8. The van der Waals surface area contributed by atoms with E-state index in [1.165, 1.54) is 0 Å².